The molecule has 0 aliphatic carbocycles. The Morgan fingerprint density at radius 3 is 2.64 bits per heavy atom. The maximum atomic E-state index is 13.3. The van der Waals surface area contributed by atoms with Crippen LogP contribution in [0.15, 0.2) is 23.1 Å². The zero-order valence-corrected chi connectivity index (χ0v) is 17.6. The van der Waals surface area contributed by atoms with Crippen LogP contribution in [-0.4, -0.2) is 75.5 Å². The highest BCUT2D eigenvalue weighted by Crippen LogP contribution is 2.22. The van der Waals surface area contributed by atoms with Crippen molar-refractivity contribution in [3.8, 4) is 0 Å². The summed E-state index contributed by atoms with van der Waals surface area (Å²) in [5, 5.41) is 3.22. The van der Waals surface area contributed by atoms with E-state index in [2.05, 4.69) is 5.32 Å². The number of rotatable bonds is 7. The third-order valence-corrected chi connectivity index (χ3v) is 7.45. The van der Waals surface area contributed by atoms with Crippen LogP contribution in [0.3, 0.4) is 0 Å². The Hall–Kier alpha value is -1.48. The Morgan fingerprint density at radius 1 is 1.25 bits per heavy atom. The lowest BCUT2D eigenvalue weighted by Crippen LogP contribution is -2.47. The fraction of sp³-hybridized carbons (Fsp3) is 0.650. The molecule has 0 bridgehead atoms. The summed E-state index contributed by atoms with van der Waals surface area (Å²) in [6, 6.07) is 5.20. The first kappa shape index (κ1) is 21.2. The largest absolute Gasteiger partial charge is 0.377 e. The van der Waals surface area contributed by atoms with Crippen molar-refractivity contribution in [3.63, 3.8) is 0 Å². The van der Waals surface area contributed by atoms with E-state index < -0.39 is 10.0 Å². The van der Waals surface area contributed by atoms with Crippen molar-refractivity contribution in [1.82, 2.24) is 14.5 Å². The van der Waals surface area contributed by atoms with Crippen molar-refractivity contribution in [1.29, 1.82) is 0 Å². The molecule has 8 heteroatoms. The number of piperazine rings is 1. The highest BCUT2D eigenvalue weighted by atomic mass is 32.2. The monoisotopic (exact) mass is 409 g/mol. The molecule has 0 spiro atoms. The molecule has 1 N–H and O–H groups in total. The van der Waals surface area contributed by atoms with Crippen molar-refractivity contribution in [3.05, 3.63) is 29.3 Å². The standard InChI is InChI=1S/C20H31N3O4S/c1-16-5-6-19(14-17(16)2)28(25,26)23(15-18-4-3-13-27-18)10-7-20(24)22-11-8-21-9-12-22/h5-6,14,18,21H,3-4,7-13,15H2,1-2H3. The maximum absolute atomic E-state index is 13.3. The summed E-state index contributed by atoms with van der Waals surface area (Å²) < 4.78 is 33.7. The molecule has 7 nitrogen and oxygen atoms in total. The van der Waals surface area contributed by atoms with Crippen LogP contribution < -0.4 is 5.32 Å². The number of hydrogen-bond donors (Lipinski definition) is 1. The van der Waals surface area contributed by atoms with Gasteiger partial charge in [-0.1, -0.05) is 6.07 Å². The van der Waals surface area contributed by atoms with E-state index in [4.69, 9.17) is 4.74 Å². The van der Waals surface area contributed by atoms with Crippen LogP contribution in [-0.2, 0) is 19.6 Å². The van der Waals surface area contributed by atoms with Crippen LogP contribution in [0.2, 0.25) is 0 Å². The van der Waals surface area contributed by atoms with E-state index in [1.807, 2.05) is 24.8 Å². The normalized spacial score (nSPS) is 20.7. The van der Waals surface area contributed by atoms with Gasteiger partial charge in [-0.25, -0.2) is 8.42 Å². The molecule has 1 atom stereocenters. The van der Waals surface area contributed by atoms with E-state index in [0.717, 1.165) is 37.1 Å². The van der Waals surface area contributed by atoms with Gasteiger partial charge in [0.25, 0.3) is 0 Å². The highest BCUT2D eigenvalue weighted by molar-refractivity contribution is 7.89. The number of benzene rings is 1. The van der Waals surface area contributed by atoms with E-state index in [0.29, 0.717) is 26.2 Å². The van der Waals surface area contributed by atoms with Crippen LogP contribution in [0.5, 0.6) is 0 Å². The lowest BCUT2D eigenvalue weighted by atomic mass is 10.1. The van der Waals surface area contributed by atoms with E-state index in [1.54, 1.807) is 12.1 Å². The van der Waals surface area contributed by atoms with Gasteiger partial charge < -0.3 is 15.0 Å². The average Bonchev–Trinajstić information content (AvgIpc) is 3.20. The molecule has 2 heterocycles. The summed E-state index contributed by atoms with van der Waals surface area (Å²) in [4.78, 5) is 14.6. The Balaban J connectivity index is 1.75. The summed E-state index contributed by atoms with van der Waals surface area (Å²) in [6.07, 6.45) is 1.89. The first-order valence-corrected chi connectivity index (χ1v) is 11.5. The second-order valence-electron chi connectivity index (χ2n) is 7.62. The number of carbonyl (C=O) groups is 1. The lowest BCUT2D eigenvalue weighted by molar-refractivity contribution is -0.131. The van der Waals surface area contributed by atoms with Crippen LogP contribution in [0.25, 0.3) is 0 Å². The van der Waals surface area contributed by atoms with Crippen molar-refractivity contribution in [2.45, 2.75) is 44.1 Å². The second kappa shape index (κ2) is 9.35. The Labute approximate surface area is 168 Å². The smallest absolute Gasteiger partial charge is 0.243 e. The van der Waals surface area contributed by atoms with Gasteiger partial charge >= 0.3 is 0 Å². The van der Waals surface area contributed by atoms with Crippen LogP contribution >= 0.6 is 0 Å². The number of ether oxygens (including phenoxy) is 1. The van der Waals surface area contributed by atoms with Crippen molar-refractivity contribution >= 4 is 15.9 Å². The SMILES string of the molecule is Cc1ccc(S(=O)(=O)N(CCC(=O)N2CCNCC2)CC2CCCO2)cc1C. The second-order valence-corrected chi connectivity index (χ2v) is 9.56. The van der Waals surface area contributed by atoms with E-state index in [-0.39, 0.29) is 29.9 Å². The quantitative estimate of drug-likeness (QED) is 0.734. The van der Waals surface area contributed by atoms with E-state index in [1.165, 1.54) is 4.31 Å². The molecular formula is C20H31N3O4S. The molecule has 3 rings (SSSR count). The Kier molecular flexibility index (Phi) is 7.09. The number of carbonyl (C=O) groups excluding carboxylic acids is 1. The van der Waals surface area contributed by atoms with Crippen LogP contribution in [0, 0.1) is 13.8 Å². The number of amides is 1. The number of sulfonamides is 1. The molecule has 0 aromatic heterocycles. The topological polar surface area (TPSA) is 79.0 Å². The van der Waals surface area contributed by atoms with Gasteiger partial charge in [-0.05, 0) is 49.9 Å². The molecule has 156 valence electrons. The summed E-state index contributed by atoms with van der Waals surface area (Å²) >= 11 is 0. The third-order valence-electron chi connectivity index (χ3n) is 5.59. The van der Waals surface area contributed by atoms with Crippen molar-refractivity contribution in [2.75, 3.05) is 45.9 Å². The molecule has 28 heavy (non-hydrogen) atoms. The molecular weight excluding hydrogens is 378 g/mol. The molecule has 2 saturated heterocycles. The zero-order valence-electron chi connectivity index (χ0n) is 16.8. The summed E-state index contributed by atoms with van der Waals surface area (Å²) in [5.41, 5.74) is 1.99. The first-order valence-electron chi connectivity index (χ1n) is 10.1. The van der Waals surface area contributed by atoms with Gasteiger partial charge in [-0.15, -0.1) is 0 Å². The van der Waals surface area contributed by atoms with Gasteiger partial charge in [0.05, 0.1) is 11.0 Å². The Bertz CT molecular complexity index is 785. The predicted molar refractivity (Wildman–Crippen MR) is 108 cm³/mol. The molecule has 1 aromatic carbocycles. The summed E-state index contributed by atoms with van der Waals surface area (Å²) in [6.45, 7) is 7.93. The van der Waals surface area contributed by atoms with Gasteiger partial charge in [0.1, 0.15) is 0 Å². The third kappa shape index (κ3) is 5.11. The van der Waals surface area contributed by atoms with Gasteiger partial charge in [-0.3, -0.25) is 4.79 Å². The minimum Gasteiger partial charge on any atom is -0.377 e. The van der Waals surface area contributed by atoms with Crippen LogP contribution in [0.4, 0.5) is 0 Å². The molecule has 1 amide bonds. The number of aryl methyl sites for hydroxylation is 2. The van der Waals surface area contributed by atoms with Gasteiger partial charge in [0.2, 0.25) is 15.9 Å². The lowest BCUT2D eigenvalue weighted by Gasteiger charge is -2.29. The molecule has 0 saturated carbocycles. The fourth-order valence-electron chi connectivity index (χ4n) is 3.64. The summed E-state index contributed by atoms with van der Waals surface area (Å²) in [7, 11) is -3.68. The Morgan fingerprint density at radius 2 is 2.00 bits per heavy atom. The molecule has 2 aliphatic rings. The van der Waals surface area contributed by atoms with Gasteiger partial charge in [0, 0.05) is 52.3 Å². The van der Waals surface area contributed by atoms with Gasteiger partial charge in [0.15, 0.2) is 0 Å². The predicted octanol–water partition coefficient (Wildman–Crippen LogP) is 1.30. The maximum Gasteiger partial charge on any atom is 0.243 e. The molecule has 2 aliphatic heterocycles. The zero-order chi connectivity index (χ0) is 20.1. The van der Waals surface area contributed by atoms with Crippen molar-refractivity contribution < 1.29 is 17.9 Å². The number of hydrogen-bond acceptors (Lipinski definition) is 5. The first-order chi connectivity index (χ1) is 13.4. The van der Waals surface area contributed by atoms with Gasteiger partial charge in [-0.2, -0.15) is 4.31 Å². The summed E-state index contributed by atoms with van der Waals surface area (Å²) in [5.74, 6) is 0.00845. The van der Waals surface area contributed by atoms with Crippen LogP contribution in [0.1, 0.15) is 30.4 Å². The fourth-order valence-corrected chi connectivity index (χ4v) is 5.20. The molecule has 0 radical (unpaired) electrons. The minimum atomic E-state index is -3.68. The molecule has 1 aromatic rings. The average molecular weight is 410 g/mol. The molecule has 1 unspecified atom stereocenters. The van der Waals surface area contributed by atoms with E-state index >= 15 is 0 Å². The van der Waals surface area contributed by atoms with E-state index in [9.17, 15) is 13.2 Å². The minimum absolute atomic E-state index is 0.00845. The number of nitrogens with one attached hydrogen (secondary N) is 1. The highest BCUT2D eigenvalue weighted by Gasteiger charge is 2.30. The van der Waals surface area contributed by atoms with Crippen molar-refractivity contribution in [2.24, 2.45) is 0 Å². The molecule has 2 fully saturated rings. The number of nitrogens with zero attached hydrogens (tertiary/aromatic N) is 2.